The van der Waals surface area contributed by atoms with Crippen LogP contribution in [0, 0.1) is 0 Å². The van der Waals surface area contributed by atoms with Gasteiger partial charge in [0, 0.05) is 16.2 Å². The van der Waals surface area contributed by atoms with Crippen molar-refractivity contribution in [2.75, 3.05) is 0 Å². The lowest BCUT2D eigenvalue weighted by Gasteiger charge is -2.19. The number of furan rings is 1. The van der Waals surface area contributed by atoms with Gasteiger partial charge in [-0.1, -0.05) is 133 Å². The first-order valence-corrected chi connectivity index (χ1v) is 14.1. The first kappa shape index (κ1) is 22.4. The van der Waals surface area contributed by atoms with Crippen molar-refractivity contribution in [2.45, 2.75) is 0 Å². The Morgan fingerprint density at radius 3 is 1.41 bits per heavy atom. The summed E-state index contributed by atoms with van der Waals surface area (Å²) in [5.74, 6) is 0. The molecule has 0 N–H and O–H groups in total. The van der Waals surface area contributed by atoms with E-state index in [0.717, 1.165) is 27.3 Å². The van der Waals surface area contributed by atoms with Crippen LogP contribution in [0.25, 0.3) is 87.3 Å². The third kappa shape index (κ3) is 3.18. The van der Waals surface area contributed by atoms with Crippen LogP contribution in [0.5, 0.6) is 0 Å². The van der Waals surface area contributed by atoms with Gasteiger partial charge in [0.25, 0.3) is 0 Å². The van der Waals surface area contributed by atoms with E-state index in [4.69, 9.17) is 4.42 Å². The van der Waals surface area contributed by atoms with Gasteiger partial charge in [0.2, 0.25) is 0 Å². The molecule has 0 amide bonds. The fourth-order valence-electron chi connectivity index (χ4n) is 6.91. The summed E-state index contributed by atoms with van der Waals surface area (Å²) in [6, 6.07) is 52.6. The normalized spacial score (nSPS) is 11.9. The summed E-state index contributed by atoms with van der Waals surface area (Å²) < 4.78 is 6.45. The first-order chi connectivity index (χ1) is 20.4. The molecule has 8 aromatic carbocycles. The smallest absolute Gasteiger partial charge is 0.143 e. The second kappa shape index (κ2) is 8.55. The Hall–Kier alpha value is -5.40. The van der Waals surface area contributed by atoms with Crippen LogP contribution in [-0.4, -0.2) is 0 Å². The average Bonchev–Trinajstić information content (AvgIpc) is 3.43. The molecule has 0 spiro atoms. The van der Waals surface area contributed by atoms with Gasteiger partial charge in [-0.25, -0.2) is 0 Å². The predicted molar refractivity (Wildman–Crippen MR) is 175 cm³/mol. The second-order valence-electron chi connectivity index (χ2n) is 10.8. The molecular weight excluding hydrogens is 496 g/mol. The molecule has 1 heteroatoms. The Labute approximate surface area is 236 Å². The zero-order valence-electron chi connectivity index (χ0n) is 22.3. The highest BCUT2D eigenvalue weighted by atomic mass is 16.3. The minimum atomic E-state index is 0.927. The van der Waals surface area contributed by atoms with Gasteiger partial charge in [-0.2, -0.15) is 0 Å². The van der Waals surface area contributed by atoms with E-state index in [1.54, 1.807) is 0 Å². The Morgan fingerprint density at radius 2 is 0.732 bits per heavy atom. The highest BCUT2D eigenvalue weighted by Crippen LogP contribution is 2.47. The number of hydrogen-bond donors (Lipinski definition) is 0. The number of benzene rings is 8. The van der Waals surface area contributed by atoms with Gasteiger partial charge in [0.05, 0.1) is 0 Å². The zero-order chi connectivity index (χ0) is 26.9. The number of fused-ring (bicyclic) bond motifs is 8. The van der Waals surface area contributed by atoms with Crippen LogP contribution >= 0.6 is 0 Å². The van der Waals surface area contributed by atoms with Gasteiger partial charge in [0.15, 0.2) is 0 Å². The van der Waals surface area contributed by atoms with Crippen molar-refractivity contribution in [3.63, 3.8) is 0 Å². The van der Waals surface area contributed by atoms with Crippen LogP contribution in [-0.2, 0) is 0 Å². The minimum absolute atomic E-state index is 0.927. The van der Waals surface area contributed by atoms with Crippen molar-refractivity contribution in [1.29, 1.82) is 0 Å². The molecule has 9 rings (SSSR count). The highest BCUT2D eigenvalue weighted by molar-refractivity contribution is 6.26. The average molecular weight is 521 g/mol. The lowest BCUT2D eigenvalue weighted by atomic mass is 9.83. The molecule has 0 atom stereocenters. The maximum atomic E-state index is 6.45. The molecule has 0 fully saturated rings. The van der Waals surface area contributed by atoms with Crippen LogP contribution < -0.4 is 0 Å². The van der Waals surface area contributed by atoms with E-state index in [0.29, 0.717) is 0 Å². The standard InChI is InChI=1S/C40H24O/c1-2-13-26-25(11-1)12-9-19-29(26)38-31-15-3-5-17-33(31)39(34-18-6-4-16-32(34)38)30-20-10-21-35-27(30)23-24-36-28-14-7-8-22-37(28)41-40(35)36/h1-24H. The molecule has 0 aliphatic heterocycles. The van der Waals surface area contributed by atoms with Crippen molar-refractivity contribution >= 4 is 65.0 Å². The van der Waals surface area contributed by atoms with Crippen molar-refractivity contribution in [3.05, 3.63) is 146 Å². The monoisotopic (exact) mass is 520 g/mol. The predicted octanol–water partition coefficient (Wildman–Crippen LogP) is 11.5. The fourth-order valence-corrected chi connectivity index (χ4v) is 6.91. The largest absolute Gasteiger partial charge is 0.455 e. The Kier molecular flexibility index (Phi) is 4.67. The number of para-hydroxylation sites is 1. The van der Waals surface area contributed by atoms with Crippen LogP contribution in [0.2, 0.25) is 0 Å². The fraction of sp³-hybridized carbons (Fsp3) is 0. The quantitative estimate of drug-likeness (QED) is 0.207. The highest BCUT2D eigenvalue weighted by Gasteiger charge is 2.20. The molecule has 0 aliphatic rings. The Bertz CT molecular complexity index is 2410. The van der Waals surface area contributed by atoms with Gasteiger partial charge in [-0.05, 0) is 72.1 Å². The molecule has 0 radical (unpaired) electrons. The zero-order valence-corrected chi connectivity index (χ0v) is 22.3. The second-order valence-corrected chi connectivity index (χ2v) is 10.8. The van der Waals surface area contributed by atoms with E-state index in [1.165, 1.54) is 60.0 Å². The van der Waals surface area contributed by atoms with Crippen molar-refractivity contribution in [3.8, 4) is 22.3 Å². The molecule has 0 unspecified atom stereocenters. The molecule has 41 heavy (non-hydrogen) atoms. The Balaban J connectivity index is 1.44. The van der Waals surface area contributed by atoms with E-state index < -0.39 is 0 Å². The molecule has 0 saturated carbocycles. The van der Waals surface area contributed by atoms with E-state index >= 15 is 0 Å². The van der Waals surface area contributed by atoms with E-state index in [2.05, 4.69) is 140 Å². The summed E-state index contributed by atoms with van der Waals surface area (Å²) in [6.07, 6.45) is 0. The lowest BCUT2D eigenvalue weighted by molar-refractivity contribution is 0.672. The number of hydrogen-bond acceptors (Lipinski definition) is 1. The molecule has 1 nitrogen and oxygen atoms in total. The van der Waals surface area contributed by atoms with E-state index in [-0.39, 0.29) is 0 Å². The topological polar surface area (TPSA) is 13.1 Å². The van der Waals surface area contributed by atoms with Gasteiger partial charge in [0.1, 0.15) is 11.2 Å². The van der Waals surface area contributed by atoms with Crippen LogP contribution in [0.1, 0.15) is 0 Å². The maximum Gasteiger partial charge on any atom is 0.143 e. The van der Waals surface area contributed by atoms with Gasteiger partial charge >= 0.3 is 0 Å². The minimum Gasteiger partial charge on any atom is -0.455 e. The summed E-state index contributed by atoms with van der Waals surface area (Å²) in [5, 5.41) is 12.2. The lowest BCUT2D eigenvalue weighted by Crippen LogP contribution is -1.92. The summed E-state index contributed by atoms with van der Waals surface area (Å²) in [5.41, 5.74) is 6.92. The molecule has 0 aliphatic carbocycles. The summed E-state index contributed by atoms with van der Waals surface area (Å²) in [7, 11) is 0. The number of rotatable bonds is 2. The van der Waals surface area contributed by atoms with Gasteiger partial charge in [-0.15, -0.1) is 0 Å². The van der Waals surface area contributed by atoms with Gasteiger partial charge < -0.3 is 4.42 Å². The van der Waals surface area contributed by atoms with Crippen LogP contribution in [0.4, 0.5) is 0 Å². The maximum absolute atomic E-state index is 6.45. The molecule has 0 bridgehead atoms. The van der Waals surface area contributed by atoms with Crippen molar-refractivity contribution < 1.29 is 4.42 Å². The summed E-state index contributed by atoms with van der Waals surface area (Å²) >= 11 is 0. The first-order valence-electron chi connectivity index (χ1n) is 14.1. The van der Waals surface area contributed by atoms with E-state index in [9.17, 15) is 0 Å². The molecular formula is C40H24O. The van der Waals surface area contributed by atoms with Crippen LogP contribution in [0.15, 0.2) is 150 Å². The molecule has 1 aromatic heterocycles. The van der Waals surface area contributed by atoms with Gasteiger partial charge in [-0.3, -0.25) is 0 Å². The van der Waals surface area contributed by atoms with Crippen molar-refractivity contribution in [1.82, 2.24) is 0 Å². The molecule has 190 valence electrons. The summed E-state index contributed by atoms with van der Waals surface area (Å²) in [4.78, 5) is 0. The molecule has 0 saturated heterocycles. The third-order valence-corrected chi connectivity index (χ3v) is 8.66. The Morgan fingerprint density at radius 1 is 0.293 bits per heavy atom. The molecule has 9 aromatic rings. The van der Waals surface area contributed by atoms with E-state index in [1.807, 2.05) is 6.07 Å². The molecule has 1 heterocycles. The summed E-state index contributed by atoms with van der Waals surface area (Å²) in [6.45, 7) is 0. The third-order valence-electron chi connectivity index (χ3n) is 8.66. The SMILES string of the molecule is c1ccc2c(-c3c4ccccc4c(-c4cccc5c4ccc4c6ccccc6oc54)c4ccccc34)cccc2c1. The van der Waals surface area contributed by atoms with Crippen LogP contribution in [0.3, 0.4) is 0 Å². The van der Waals surface area contributed by atoms with Crippen molar-refractivity contribution in [2.24, 2.45) is 0 Å².